The van der Waals surface area contributed by atoms with Crippen LogP contribution in [0.4, 0.5) is 10.5 Å². The van der Waals surface area contributed by atoms with Gasteiger partial charge in [-0.15, -0.1) is 0 Å². The summed E-state index contributed by atoms with van der Waals surface area (Å²) < 4.78 is 31.6. The highest BCUT2D eigenvalue weighted by atomic mass is 32.2. The molecule has 0 radical (unpaired) electrons. The van der Waals surface area contributed by atoms with Crippen LogP contribution in [0.5, 0.6) is 0 Å². The van der Waals surface area contributed by atoms with Crippen LogP contribution in [0.15, 0.2) is 42.5 Å². The molecule has 39 heavy (non-hydrogen) atoms. The van der Waals surface area contributed by atoms with Crippen molar-refractivity contribution in [1.29, 1.82) is 0 Å². The minimum absolute atomic E-state index is 0.00509. The van der Waals surface area contributed by atoms with Crippen molar-refractivity contribution in [2.75, 3.05) is 18.3 Å². The third-order valence-electron chi connectivity index (χ3n) is 8.40. The predicted molar refractivity (Wildman–Crippen MR) is 149 cm³/mol. The Balaban J connectivity index is 1.63. The number of nitrogens with zero attached hydrogens (tertiary/aromatic N) is 3. The number of carbonyl (C=O) groups is 2. The number of anilines is 1. The largest absolute Gasteiger partial charge is 0.481 e. The molecule has 2 atom stereocenters. The number of aryl methyl sites for hydroxylation is 1. The van der Waals surface area contributed by atoms with Gasteiger partial charge in [0, 0.05) is 30.3 Å². The molecule has 2 aromatic carbocycles. The molecule has 1 amide bonds. The molecule has 0 saturated heterocycles. The second-order valence-electron chi connectivity index (χ2n) is 10.8. The number of ether oxygens (including phenoxy) is 1. The standard InChI is InChI=1S/C29H35N3O6S/c1-18-9-14-22-24(31(18)29(35)38-2)15-16-25-27(22)30-26(17-23(28(33)34)19-7-5-4-6-8-19)32(25)20-10-12-21(13-11-20)39(3,36)37/h4-8,15-16,18,20-21,23H,9-14,17H2,1-3H3,(H,33,34)/t18-,20?,21?,23-/m0/s1. The molecule has 0 unspecified atom stereocenters. The van der Waals surface area contributed by atoms with Crippen LogP contribution in [0.1, 0.15) is 67.9 Å². The first-order valence-electron chi connectivity index (χ1n) is 13.5. The molecule has 3 aromatic rings. The zero-order valence-corrected chi connectivity index (χ0v) is 23.4. The molecule has 2 heterocycles. The Bertz CT molecular complexity index is 1490. The second kappa shape index (κ2) is 10.6. The van der Waals surface area contributed by atoms with Crippen LogP contribution in [0.2, 0.25) is 0 Å². The van der Waals surface area contributed by atoms with Gasteiger partial charge >= 0.3 is 12.1 Å². The zero-order chi connectivity index (χ0) is 27.9. The molecule has 1 saturated carbocycles. The molecule has 1 aliphatic carbocycles. The van der Waals surface area contributed by atoms with Crippen molar-refractivity contribution >= 4 is 38.6 Å². The maximum Gasteiger partial charge on any atom is 0.414 e. The van der Waals surface area contributed by atoms with Crippen molar-refractivity contribution < 1.29 is 27.9 Å². The molecular weight excluding hydrogens is 518 g/mol. The van der Waals surface area contributed by atoms with Crippen LogP contribution in [-0.2, 0) is 32.2 Å². The van der Waals surface area contributed by atoms with E-state index in [9.17, 15) is 23.1 Å². The van der Waals surface area contributed by atoms with E-state index in [4.69, 9.17) is 9.72 Å². The highest BCUT2D eigenvalue weighted by molar-refractivity contribution is 7.91. The van der Waals surface area contributed by atoms with E-state index in [-0.39, 0.29) is 23.8 Å². The fourth-order valence-corrected chi connectivity index (χ4v) is 7.45. The Kier molecular flexibility index (Phi) is 7.41. The molecular formula is C29H35N3O6S. The Hall–Kier alpha value is -3.40. The van der Waals surface area contributed by atoms with Crippen LogP contribution in [0, 0.1) is 0 Å². The van der Waals surface area contributed by atoms with Crippen molar-refractivity contribution in [3.8, 4) is 0 Å². The topological polar surface area (TPSA) is 119 Å². The number of methoxy groups -OCH3 is 1. The molecule has 1 aliphatic heterocycles. The monoisotopic (exact) mass is 553 g/mol. The van der Waals surface area contributed by atoms with Gasteiger partial charge in [0.25, 0.3) is 0 Å². The van der Waals surface area contributed by atoms with Gasteiger partial charge in [0.2, 0.25) is 0 Å². The van der Waals surface area contributed by atoms with Crippen LogP contribution in [-0.4, -0.2) is 59.8 Å². The van der Waals surface area contributed by atoms with E-state index in [2.05, 4.69) is 4.57 Å². The molecule has 1 N–H and O–H groups in total. The number of aliphatic carboxylic acids is 1. The van der Waals surface area contributed by atoms with E-state index in [0.29, 0.717) is 37.1 Å². The summed E-state index contributed by atoms with van der Waals surface area (Å²) in [5, 5.41) is 9.82. The number of carboxylic acids is 1. The number of aromatic nitrogens is 2. The van der Waals surface area contributed by atoms with Crippen LogP contribution in [0.3, 0.4) is 0 Å². The van der Waals surface area contributed by atoms with Crippen molar-refractivity contribution in [3.05, 3.63) is 59.4 Å². The van der Waals surface area contributed by atoms with Gasteiger partial charge in [-0.05, 0) is 63.1 Å². The fourth-order valence-electron chi connectivity index (χ4n) is 6.32. The van der Waals surface area contributed by atoms with Crippen molar-refractivity contribution in [2.45, 2.75) is 75.1 Å². The Labute approximate surface area is 228 Å². The summed E-state index contributed by atoms with van der Waals surface area (Å²) in [6, 6.07) is 13.0. The number of benzene rings is 2. The summed E-state index contributed by atoms with van der Waals surface area (Å²) in [6.45, 7) is 1.99. The van der Waals surface area contributed by atoms with Gasteiger partial charge < -0.3 is 14.4 Å². The van der Waals surface area contributed by atoms with Gasteiger partial charge in [-0.25, -0.2) is 18.2 Å². The van der Waals surface area contributed by atoms with Crippen molar-refractivity contribution in [2.24, 2.45) is 0 Å². The van der Waals surface area contributed by atoms with E-state index in [1.165, 1.54) is 13.4 Å². The number of carbonyl (C=O) groups excluding carboxylic acids is 1. The number of rotatable bonds is 6. The number of hydrogen-bond acceptors (Lipinski definition) is 6. The molecule has 1 aromatic heterocycles. The summed E-state index contributed by atoms with van der Waals surface area (Å²) in [6.07, 6.45) is 5.02. The van der Waals surface area contributed by atoms with Crippen LogP contribution in [0.25, 0.3) is 11.0 Å². The van der Waals surface area contributed by atoms with E-state index in [0.717, 1.165) is 35.1 Å². The van der Waals surface area contributed by atoms with Crippen molar-refractivity contribution in [1.82, 2.24) is 9.55 Å². The average Bonchev–Trinajstić information content (AvgIpc) is 3.29. The normalized spacial score (nSPS) is 22.3. The van der Waals surface area contributed by atoms with Crippen molar-refractivity contribution in [3.63, 3.8) is 0 Å². The van der Waals surface area contributed by atoms with E-state index in [1.807, 2.05) is 49.4 Å². The minimum Gasteiger partial charge on any atom is -0.481 e. The lowest BCUT2D eigenvalue weighted by Crippen LogP contribution is -2.42. The van der Waals surface area contributed by atoms with Crippen LogP contribution < -0.4 is 4.90 Å². The first-order valence-corrected chi connectivity index (χ1v) is 15.4. The highest BCUT2D eigenvalue weighted by Crippen LogP contribution is 2.41. The number of hydrogen-bond donors (Lipinski definition) is 1. The third-order valence-corrected chi connectivity index (χ3v) is 10.1. The van der Waals surface area contributed by atoms with E-state index < -0.39 is 27.8 Å². The first kappa shape index (κ1) is 27.2. The Morgan fingerprint density at radius 2 is 1.77 bits per heavy atom. The summed E-state index contributed by atoms with van der Waals surface area (Å²) in [5.41, 5.74) is 4.08. The van der Waals surface area contributed by atoms with E-state index >= 15 is 0 Å². The van der Waals surface area contributed by atoms with Gasteiger partial charge in [-0.2, -0.15) is 0 Å². The van der Waals surface area contributed by atoms with Gasteiger partial charge in [0.05, 0.1) is 35.0 Å². The quantitative estimate of drug-likeness (QED) is 0.462. The molecule has 0 bridgehead atoms. The lowest BCUT2D eigenvalue weighted by atomic mass is 9.92. The molecule has 1 fully saturated rings. The predicted octanol–water partition coefficient (Wildman–Crippen LogP) is 4.88. The molecule has 208 valence electrons. The van der Waals surface area contributed by atoms with Gasteiger partial charge in [0.1, 0.15) is 15.7 Å². The molecule has 5 rings (SSSR count). The number of amides is 1. The lowest BCUT2D eigenvalue weighted by Gasteiger charge is -2.34. The number of imidazole rings is 1. The molecule has 9 nitrogen and oxygen atoms in total. The maximum absolute atomic E-state index is 12.6. The first-order chi connectivity index (χ1) is 18.6. The van der Waals surface area contributed by atoms with Crippen LogP contribution >= 0.6 is 0 Å². The SMILES string of the molecule is COC(=O)N1c2ccc3c(nc(C[C@H](C(=O)O)c4ccccc4)n3C3CCC(S(C)(=O)=O)CC3)c2CC[C@@H]1C. The highest BCUT2D eigenvalue weighted by Gasteiger charge is 2.35. The summed E-state index contributed by atoms with van der Waals surface area (Å²) in [5.74, 6) is -1.04. The number of fused-ring (bicyclic) bond motifs is 3. The molecule has 2 aliphatic rings. The maximum atomic E-state index is 12.6. The summed E-state index contributed by atoms with van der Waals surface area (Å²) >= 11 is 0. The smallest absolute Gasteiger partial charge is 0.414 e. The summed E-state index contributed by atoms with van der Waals surface area (Å²) in [7, 11) is -1.75. The van der Waals surface area contributed by atoms with Gasteiger partial charge in [0.15, 0.2) is 0 Å². The number of carboxylic acid groups (broad SMARTS) is 1. The number of sulfone groups is 1. The summed E-state index contributed by atoms with van der Waals surface area (Å²) in [4.78, 5) is 31.8. The lowest BCUT2D eigenvalue weighted by molar-refractivity contribution is -0.138. The molecule has 10 heteroatoms. The van der Waals surface area contributed by atoms with Gasteiger partial charge in [-0.1, -0.05) is 30.3 Å². The fraction of sp³-hybridized carbons (Fsp3) is 0.483. The Morgan fingerprint density at radius 1 is 1.08 bits per heavy atom. The second-order valence-corrected chi connectivity index (χ2v) is 13.1. The average molecular weight is 554 g/mol. The third kappa shape index (κ3) is 5.14. The van der Waals surface area contributed by atoms with E-state index in [1.54, 1.807) is 4.90 Å². The minimum atomic E-state index is -3.12. The molecule has 0 spiro atoms. The van der Waals surface area contributed by atoms with Gasteiger partial charge in [-0.3, -0.25) is 9.69 Å². The Morgan fingerprint density at radius 3 is 2.38 bits per heavy atom. The zero-order valence-electron chi connectivity index (χ0n) is 22.5.